The van der Waals surface area contributed by atoms with Crippen molar-refractivity contribution in [1.82, 2.24) is 14.7 Å². The second-order valence-electron chi connectivity index (χ2n) is 9.42. The predicted octanol–water partition coefficient (Wildman–Crippen LogP) is 4.20. The molecule has 2 aromatic carbocycles. The summed E-state index contributed by atoms with van der Waals surface area (Å²) >= 11 is 0. The maximum atomic E-state index is 13.2. The Morgan fingerprint density at radius 3 is 2.56 bits per heavy atom. The number of likely N-dealkylation sites (tertiary alicyclic amines) is 2. The highest BCUT2D eigenvalue weighted by Gasteiger charge is 2.31. The van der Waals surface area contributed by atoms with Gasteiger partial charge in [0, 0.05) is 19.6 Å². The van der Waals surface area contributed by atoms with Crippen molar-refractivity contribution in [2.45, 2.75) is 38.3 Å². The number of carbonyl (C=O) groups is 1. The number of hydrogen-bond donors (Lipinski definition) is 0. The first kappa shape index (κ1) is 22.8. The average Bonchev–Trinajstić information content (AvgIpc) is 3.31. The molecule has 2 fully saturated rings. The minimum atomic E-state index is 0.182. The van der Waals surface area contributed by atoms with Crippen LogP contribution in [-0.4, -0.2) is 67.5 Å². The molecule has 5 heteroatoms. The first-order valence-corrected chi connectivity index (χ1v) is 12.0. The van der Waals surface area contributed by atoms with Crippen LogP contribution in [0.2, 0.25) is 0 Å². The molecule has 1 atom stereocenters. The van der Waals surface area contributed by atoms with Gasteiger partial charge in [0.1, 0.15) is 5.75 Å². The van der Waals surface area contributed by atoms with Crippen LogP contribution in [-0.2, 0) is 11.3 Å². The Labute approximate surface area is 193 Å². The van der Waals surface area contributed by atoms with Crippen LogP contribution in [0.1, 0.15) is 42.9 Å². The standard InChI is InChI=1S/C27H37N3O2/c1-28(19-22-8-4-3-5-9-22)20-23-13-16-29(17-14-23)21-27(31)30-15-7-12-26(30)24-10-6-11-25(18-24)32-2/h3-6,8-11,18,23,26H,7,12-17,19-21H2,1-2H3. The molecule has 172 valence electrons. The molecule has 2 heterocycles. The van der Waals surface area contributed by atoms with E-state index >= 15 is 0 Å². The molecule has 0 radical (unpaired) electrons. The van der Waals surface area contributed by atoms with Crippen molar-refractivity contribution < 1.29 is 9.53 Å². The topological polar surface area (TPSA) is 36.0 Å². The van der Waals surface area contributed by atoms with Crippen LogP contribution in [0.3, 0.4) is 0 Å². The molecule has 2 aliphatic heterocycles. The van der Waals surface area contributed by atoms with E-state index in [0.29, 0.717) is 12.5 Å². The number of hydrogen-bond acceptors (Lipinski definition) is 4. The molecule has 32 heavy (non-hydrogen) atoms. The molecule has 5 nitrogen and oxygen atoms in total. The summed E-state index contributed by atoms with van der Waals surface area (Å²) in [5.74, 6) is 1.85. The molecule has 0 saturated carbocycles. The van der Waals surface area contributed by atoms with Crippen molar-refractivity contribution in [2.24, 2.45) is 5.92 Å². The fourth-order valence-electron chi connectivity index (χ4n) is 5.27. The van der Waals surface area contributed by atoms with Crippen LogP contribution in [0.25, 0.3) is 0 Å². The zero-order valence-corrected chi connectivity index (χ0v) is 19.6. The van der Waals surface area contributed by atoms with Crippen LogP contribution in [0.5, 0.6) is 5.75 Å². The van der Waals surface area contributed by atoms with E-state index in [1.807, 2.05) is 12.1 Å². The number of piperidine rings is 1. The second-order valence-corrected chi connectivity index (χ2v) is 9.42. The molecule has 1 unspecified atom stereocenters. The zero-order chi connectivity index (χ0) is 22.3. The third kappa shape index (κ3) is 5.90. The van der Waals surface area contributed by atoms with Crippen LogP contribution in [0.4, 0.5) is 0 Å². The van der Waals surface area contributed by atoms with Crippen molar-refractivity contribution in [3.63, 3.8) is 0 Å². The molecule has 0 N–H and O–H groups in total. The van der Waals surface area contributed by atoms with Gasteiger partial charge in [0.15, 0.2) is 0 Å². The van der Waals surface area contributed by atoms with Gasteiger partial charge in [-0.15, -0.1) is 0 Å². The van der Waals surface area contributed by atoms with Gasteiger partial charge in [0.2, 0.25) is 5.91 Å². The summed E-state index contributed by atoms with van der Waals surface area (Å²) in [7, 11) is 3.91. The van der Waals surface area contributed by atoms with E-state index in [2.05, 4.69) is 64.2 Å². The largest absolute Gasteiger partial charge is 0.497 e. The lowest BCUT2D eigenvalue weighted by Gasteiger charge is -2.35. The van der Waals surface area contributed by atoms with Crippen LogP contribution < -0.4 is 4.74 Å². The Hall–Kier alpha value is -2.37. The van der Waals surface area contributed by atoms with Crippen LogP contribution in [0, 0.1) is 5.92 Å². The summed E-state index contributed by atoms with van der Waals surface area (Å²) in [5, 5.41) is 0. The maximum Gasteiger partial charge on any atom is 0.237 e. The van der Waals surface area contributed by atoms with Gasteiger partial charge in [-0.05, 0) is 75.0 Å². The summed E-state index contributed by atoms with van der Waals surface area (Å²) in [4.78, 5) is 20.0. The summed E-state index contributed by atoms with van der Waals surface area (Å²) in [5.41, 5.74) is 2.56. The van der Waals surface area contributed by atoms with E-state index in [9.17, 15) is 4.79 Å². The lowest BCUT2D eigenvalue weighted by molar-refractivity contribution is -0.133. The monoisotopic (exact) mass is 435 g/mol. The van der Waals surface area contributed by atoms with Gasteiger partial charge < -0.3 is 14.5 Å². The van der Waals surface area contributed by atoms with Crippen LogP contribution in [0.15, 0.2) is 54.6 Å². The smallest absolute Gasteiger partial charge is 0.237 e. The van der Waals surface area contributed by atoms with E-state index in [1.54, 1.807) is 7.11 Å². The Bertz CT molecular complexity index is 864. The van der Waals surface area contributed by atoms with Crippen molar-refractivity contribution in [3.8, 4) is 5.75 Å². The second kappa shape index (κ2) is 11.0. The van der Waals surface area contributed by atoms with E-state index in [4.69, 9.17) is 4.74 Å². The Morgan fingerprint density at radius 1 is 1.03 bits per heavy atom. The molecule has 2 aromatic rings. The molecule has 2 saturated heterocycles. The fourth-order valence-corrected chi connectivity index (χ4v) is 5.27. The number of methoxy groups -OCH3 is 1. The van der Waals surface area contributed by atoms with Gasteiger partial charge in [-0.25, -0.2) is 0 Å². The van der Waals surface area contributed by atoms with Gasteiger partial charge in [0.05, 0.1) is 19.7 Å². The lowest BCUT2D eigenvalue weighted by Crippen LogP contribution is -2.44. The summed E-state index contributed by atoms with van der Waals surface area (Å²) in [6.07, 6.45) is 4.45. The third-order valence-electron chi connectivity index (χ3n) is 6.98. The average molecular weight is 436 g/mol. The number of carbonyl (C=O) groups excluding carboxylic acids is 1. The molecule has 1 amide bonds. The SMILES string of the molecule is COc1cccc(C2CCCN2C(=O)CN2CCC(CN(C)Cc3ccccc3)CC2)c1. The third-order valence-corrected chi connectivity index (χ3v) is 6.98. The Kier molecular flexibility index (Phi) is 7.82. The molecule has 0 bridgehead atoms. The number of ether oxygens (including phenoxy) is 1. The van der Waals surface area contributed by atoms with Crippen molar-refractivity contribution in [1.29, 1.82) is 0 Å². The van der Waals surface area contributed by atoms with Crippen LogP contribution >= 0.6 is 0 Å². The zero-order valence-electron chi connectivity index (χ0n) is 19.6. The van der Waals surface area contributed by atoms with Gasteiger partial charge in [-0.2, -0.15) is 0 Å². The maximum absolute atomic E-state index is 13.2. The van der Waals surface area contributed by atoms with Gasteiger partial charge in [-0.3, -0.25) is 9.69 Å². The van der Waals surface area contributed by atoms with Gasteiger partial charge in [-0.1, -0.05) is 42.5 Å². The van der Waals surface area contributed by atoms with Crippen molar-refractivity contribution >= 4 is 5.91 Å². The number of amides is 1. The molecule has 0 spiro atoms. The highest BCUT2D eigenvalue weighted by Crippen LogP contribution is 2.33. The van der Waals surface area contributed by atoms with Gasteiger partial charge in [0.25, 0.3) is 0 Å². The summed E-state index contributed by atoms with van der Waals surface area (Å²) in [6, 6.07) is 19.0. The minimum Gasteiger partial charge on any atom is -0.497 e. The normalized spacial score (nSPS) is 20.1. The number of benzene rings is 2. The number of rotatable bonds is 8. The Morgan fingerprint density at radius 2 is 1.81 bits per heavy atom. The molecule has 4 rings (SSSR count). The first-order chi connectivity index (χ1) is 15.6. The fraction of sp³-hybridized carbons (Fsp3) is 0.519. The van der Waals surface area contributed by atoms with Gasteiger partial charge >= 0.3 is 0 Å². The van der Waals surface area contributed by atoms with E-state index in [-0.39, 0.29) is 11.9 Å². The minimum absolute atomic E-state index is 0.182. The van der Waals surface area contributed by atoms with E-state index < -0.39 is 0 Å². The molecule has 0 aliphatic carbocycles. The lowest BCUT2D eigenvalue weighted by atomic mass is 9.96. The highest BCUT2D eigenvalue weighted by molar-refractivity contribution is 5.79. The highest BCUT2D eigenvalue weighted by atomic mass is 16.5. The first-order valence-electron chi connectivity index (χ1n) is 12.0. The number of nitrogens with zero attached hydrogens (tertiary/aromatic N) is 3. The van der Waals surface area contributed by atoms with E-state index in [1.165, 1.54) is 24.0 Å². The molecule has 2 aliphatic rings. The molecular formula is C27H37N3O2. The predicted molar refractivity (Wildman–Crippen MR) is 129 cm³/mol. The summed E-state index contributed by atoms with van der Waals surface area (Å²) < 4.78 is 5.39. The van der Waals surface area contributed by atoms with Crippen molar-refractivity contribution in [3.05, 3.63) is 65.7 Å². The molecular weight excluding hydrogens is 398 g/mol. The Balaban J connectivity index is 1.24. The molecule has 0 aromatic heterocycles. The van der Waals surface area contributed by atoms with E-state index in [0.717, 1.165) is 51.3 Å². The quantitative estimate of drug-likeness (QED) is 0.623. The van der Waals surface area contributed by atoms with Crippen molar-refractivity contribution in [2.75, 3.05) is 46.9 Å². The summed E-state index contributed by atoms with van der Waals surface area (Å²) in [6.45, 7) is 5.58.